The lowest BCUT2D eigenvalue weighted by atomic mass is 10.3. The topological polar surface area (TPSA) is 28.7 Å². The van der Waals surface area contributed by atoms with Crippen molar-refractivity contribution in [1.82, 2.24) is 9.97 Å². The van der Waals surface area contributed by atoms with Crippen LogP contribution in [-0.2, 0) is 0 Å². The molecule has 0 atom stereocenters. The lowest BCUT2D eigenvalue weighted by molar-refractivity contribution is 1.22. The van der Waals surface area contributed by atoms with Crippen LogP contribution in [0.15, 0.2) is 18.5 Å². The molecule has 0 amide bonds. The Balaban J connectivity index is 0.000000720. The fourth-order valence-electron chi connectivity index (χ4n) is 1.09. The van der Waals surface area contributed by atoms with Crippen LogP contribution in [0.1, 0.15) is 13.1 Å². The Morgan fingerprint density at radius 2 is 2.25 bits per heavy atom. The quantitative estimate of drug-likeness (QED) is 0.666. The second kappa shape index (κ2) is 3.15. The highest BCUT2D eigenvalue weighted by Crippen LogP contribution is 2.21. The van der Waals surface area contributed by atoms with Crippen molar-refractivity contribution in [2.45, 2.75) is 14.4 Å². The fraction of sp³-hybridized carbons (Fsp3) is 0.222. The van der Waals surface area contributed by atoms with E-state index in [1.165, 1.54) is 0 Å². The predicted octanol–water partition coefficient (Wildman–Crippen LogP) is 3.16. The van der Waals surface area contributed by atoms with Crippen LogP contribution in [0, 0.1) is 6.92 Å². The molecule has 0 bridgehead atoms. The molecule has 1 N–H and O–H groups in total. The summed E-state index contributed by atoms with van der Waals surface area (Å²) in [5.74, 6) is 0. The first-order valence-electron chi connectivity index (χ1n) is 3.36. The SMILES string of the molecule is C.Cc1cc2[nH]cc(Cl)c2cn1. The highest BCUT2D eigenvalue weighted by atomic mass is 35.5. The van der Waals surface area contributed by atoms with Gasteiger partial charge in [-0.2, -0.15) is 0 Å². The first kappa shape index (κ1) is 9.07. The third-order valence-electron chi connectivity index (χ3n) is 1.65. The maximum atomic E-state index is 5.85. The number of nitrogens with one attached hydrogen (secondary N) is 1. The van der Waals surface area contributed by atoms with Crippen LogP contribution in [0.3, 0.4) is 0 Å². The van der Waals surface area contributed by atoms with Gasteiger partial charge >= 0.3 is 0 Å². The molecule has 2 aromatic rings. The van der Waals surface area contributed by atoms with Crippen molar-refractivity contribution in [3.63, 3.8) is 0 Å². The van der Waals surface area contributed by atoms with E-state index in [4.69, 9.17) is 11.6 Å². The molecule has 0 radical (unpaired) electrons. The molecule has 0 saturated heterocycles. The summed E-state index contributed by atoms with van der Waals surface area (Å²) in [6.45, 7) is 1.95. The van der Waals surface area contributed by atoms with E-state index in [1.54, 1.807) is 12.4 Å². The van der Waals surface area contributed by atoms with Crippen molar-refractivity contribution in [3.05, 3.63) is 29.2 Å². The molecule has 2 rings (SSSR count). The summed E-state index contributed by atoms with van der Waals surface area (Å²) in [6, 6.07) is 1.97. The molecular formula is C9H11ClN2. The lowest BCUT2D eigenvalue weighted by Gasteiger charge is -1.91. The van der Waals surface area contributed by atoms with Gasteiger partial charge in [-0.3, -0.25) is 4.98 Å². The summed E-state index contributed by atoms with van der Waals surface area (Å²) in [5.41, 5.74) is 2.04. The van der Waals surface area contributed by atoms with E-state index in [1.807, 2.05) is 13.0 Å². The minimum Gasteiger partial charge on any atom is -0.360 e. The van der Waals surface area contributed by atoms with Gasteiger partial charge in [0.1, 0.15) is 0 Å². The average Bonchev–Trinajstić information content (AvgIpc) is 2.32. The number of hydrogen-bond donors (Lipinski definition) is 1. The van der Waals surface area contributed by atoms with E-state index in [0.29, 0.717) is 0 Å². The number of H-pyrrole nitrogens is 1. The average molecular weight is 183 g/mol. The number of aryl methyl sites for hydroxylation is 1. The first-order chi connectivity index (χ1) is 5.27. The van der Waals surface area contributed by atoms with Crippen molar-refractivity contribution in [1.29, 1.82) is 0 Å². The van der Waals surface area contributed by atoms with E-state index in [0.717, 1.165) is 21.6 Å². The van der Waals surface area contributed by atoms with Crippen LogP contribution < -0.4 is 0 Å². The molecule has 0 fully saturated rings. The number of halogens is 1. The molecule has 0 aliphatic rings. The van der Waals surface area contributed by atoms with Gasteiger partial charge < -0.3 is 4.98 Å². The number of hydrogen-bond acceptors (Lipinski definition) is 1. The number of fused-ring (bicyclic) bond motifs is 1. The third kappa shape index (κ3) is 1.30. The number of aromatic amines is 1. The first-order valence-corrected chi connectivity index (χ1v) is 3.74. The molecule has 12 heavy (non-hydrogen) atoms. The third-order valence-corrected chi connectivity index (χ3v) is 1.97. The molecule has 2 nitrogen and oxygen atoms in total. The minimum atomic E-state index is 0. The summed E-state index contributed by atoms with van der Waals surface area (Å²) in [5, 5.41) is 1.71. The largest absolute Gasteiger partial charge is 0.360 e. The van der Waals surface area contributed by atoms with Crippen LogP contribution in [0.4, 0.5) is 0 Å². The molecule has 0 unspecified atom stereocenters. The van der Waals surface area contributed by atoms with E-state index in [-0.39, 0.29) is 7.43 Å². The summed E-state index contributed by atoms with van der Waals surface area (Å²) in [6.07, 6.45) is 3.55. The smallest absolute Gasteiger partial charge is 0.0674 e. The van der Waals surface area contributed by atoms with E-state index < -0.39 is 0 Å². The van der Waals surface area contributed by atoms with Gasteiger partial charge in [0.25, 0.3) is 0 Å². The van der Waals surface area contributed by atoms with Crippen molar-refractivity contribution in [2.24, 2.45) is 0 Å². The van der Waals surface area contributed by atoms with Gasteiger partial charge in [-0.25, -0.2) is 0 Å². The monoisotopic (exact) mass is 182 g/mol. The highest BCUT2D eigenvalue weighted by molar-refractivity contribution is 6.35. The van der Waals surface area contributed by atoms with Gasteiger partial charge in [-0.1, -0.05) is 19.0 Å². The van der Waals surface area contributed by atoms with Crippen LogP contribution in [0.2, 0.25) is 5.02 Å². The second-order valence-corrected chi connectivity index (χ2v) is 2.92. The van der Waals surface area contributed by atoms with Crippen LogP contribution in [-0.4, -0.2) is 9.97 Å². The standard InChI is InChI=1S/C8H7ClN2.CH4/c1-5-2-8-6(3-10-5)7(9)4-11-8;/h2-4,11H,1H3;1H4. The highest BCUT2D eigenvalue weighted by Gasteiger charge is 1.99. The van der Waals surface area contributed by atoms with Crippen LogP contribution in [0.25, 0.3) is 10.9 Å². The van der Waals surface area contributed by atoms with Crippen molar-refractivity contribution < 1.29 is 0 Å². The fourth-order valence-corrected chi connectivity index (χ4v) is 1.29. The Morgan fingerprint density at radius 1 is 1.50 bits per heavy atom. The van der Waals surface area contributed by atoms with E-state index in [9.17, 15) is 0 Å². The summed E-state index contributed by atoms with van der Waals surface area (Å²) in [7, 11) is 0. The van der Waals surface area contributed by atoms with E-state index >= 15 is 0 Å². The van der Waals surface area contributed by atoms with Crippen molar-refractivity contribution in [3.8, 4) is 0 Å². The number of aromatic nitrogens is 2. The Morgan fingerprint density at radius 3 is 3.00 bits per heavy atom. The Bertz CT molecular complexity index is 392. The Labute approximate surface area is 76.6 Å². The van der Waals surface area contributed by atoms with Gasteiger partial charge in [0.05, 0.1) is 10.5 Å². The minimum absolute atomic E-state index is 0. The predicted molar refractivity (Wildman–Crippen MR) is 52.6 cm³/mol. The molecule has 0 saturated carbocycles. The number of pyridine rings is 1. The van der Waals surface area contributed by atoms with Crippen LogP contribution in [0.5, 0.6) is 0 Å². The zero-order chi connectivity index (χ0) is 7.84. The molecule has 2 heterocycles. The van der Waals surface area contributed by atoms with Gasteiger partial charge in [0.15, 0.2) is 0 Å². The maximum absolute atomic E-state index is 5.85. The Kier molecular flexibility index (Phi) is 2.38. The zero-order valence-electron chi connectivity index (χ0n) is 6.06. The molecule has 64 valence electrons. The molecule has 0 aliphatic heterocycles. The number of rotatable bonds is 0. The summed E-state index contributed by atoms with van der Waals surface area (Å²) >= 11 is 5.85. The van der Waals surface area contributed by atoms with Crippen molar-refractivity contribution >= 4 is 22.5 Å². The van der Waals surface area contributed by atoms with Crippen LogP contribution >= 0.6 is 11.6 Å². The molecule has 0 aliphatic carbocycles. The maximum Gasteiger partial charge on any atom is 0.0674 e. The molecule has 2 aromatic heterocycles. The molecular weight excluding hydrogens is 172 g/mol. The molecule has 3 heteroatoms. The number of nitrogens with zero attached hydrogens (tertiary/aromatic N) is 1. The van der Waals surface area contributed by atoms with Crippen molar-refractivity contribution in [2.75, 3.05) is 0 Å². The van der Waals surface area contributed by atoms with Gasteiger partial charge in [0, 0.05) is 23.5 Å². The zero-order valence-corrected chi connectivity index (χ0v) is 6.81. The lowest BCUT2D eigenvalue weighted by Crippen LogP contribution is -1.77. The summed E-state index contributed by atoms with van der Waals surface area (Å²) < 4.78 is 0. The van der Waals surface area contributed by atoms with E-state index in [2.05, 4.69) is 9.97 Å². The van der Waals surface area contributed by atoms with Gasteiger partial charge in [0.2, 0.25) is 0 Å². The van der Waals surface area contributed by atoms with Gasteiger partial charge in [-0.15, -0.1) is 0 Å². The van der Waals surface area contributed by atoms with Gasteiger partial charge in [-0.05, 0) is 13.0 Å². The second-order valence-electron chi connectivity index (χ2n) is 2.51. The Hall–Kier alpha value is -1.02. The molecule has 0 aromatic carbocycles. The normalized spacial score (nSPS) is 9.83. The molecule has 0 spiro atoms. The summed E-state index contributed by atoms with van der Waals surface area (Å²) in [4.78, 5) is 7.19.